The zero-order valence-electron chi connectivity index (χ0n) is 25.6. The molecule has 3 saturated heterocycles. The molecule has 1 saturated carbocycles. The number of nitrogen functional groups attached to an aromatic ring is 1. The first kappa shape index (κ1) is 29.7. The van der Waals surface area contributed by atoms with E-state index in [0.717, 1.165) is 32.2 Å². The summed E-state index contributed by atoms with van der Waals surface area (Å²) in [7, 11) is 0. The minimum Gasteiger partial charge on any atom is -0.461 e. The Morgan fingerprint density at radius 2 is 2.04 bits per heavy atom. The number of halogens is 3. The van der Waals surface area contributed by atoms with E-state index in [1.54, 1.807) is 6.07 Å². The summed E-state index contributed by atoms with van der Waals surface area (Å²) in [6.07, 6.45) is 3.47. The van der Waals surface area contributed by atoms with Gasteiger partial charge in [-0.2, -0.15) is 15.2 Å². The summed E-state index contributed by atoms with van der Waals surface area (Å²) in [4.78, 5) is 19.1. The SMILES string of the molecule is Cc1c(N)sc2cc(F)c(F)c(-c3cc4nc(OC[C@@]56CCCN5C[C@H](F)C6)nc(N5CCN[C@@H](CC#N)C5)c4nc3C3CC3)c12. The van der Waals surface area contributed by atoms with Gasteiger partial charge in [0, 0.05) is 65.8 Å². The molecule has 3 aliphatic heterocycles. The molecular formula is C33H35F3N8OS. The first-order chi connectivity index (χ1) is 22.2. The van der Waals surface area contributed by atoms with E-state index in [-0.39, 0.29) is 30.1 Å². The topological polar surface area (TPSA) is 116 Å². The van der Waals surface area contributed by atoms with Gasteiger partial charge in [-0.25, -0.2) is 18.2 Å². The highest BCUT2D eigenvalue weighted by atomic mass is 32.1. The number of aromatic nitrogens is 3. The van der Waals surface area contributed by atoms with Gasteiger partial charge < -0.3 is 20.7 Å². The summed E-state index contributed by atoms with van der Waals surface area (Å²) in [5.41, 5.74) is 8.89. The molecule has 3 aromatic heterocycles. The number of benzene rings is 1. The lowest BCUT2D eigenvalue weighted by Gasteiger charge is -2.34. The molecule has 0 unspecified atom stereocenters. The number of pyridine rings is 1. The molecule has 240 valence electrons. The van der Waals surface area contributed by atoms with Crippen LogP contribution in [0.4, 0.5) is 24.0 Å². The number of fused-ring (bicyclic) bond motifs is 3. The lowest BCUT2D eigenvalue weighted by molar-refractivity contribution is 0.107. The third-order valence-electron chi connectivity index (χ3n) is 10.2. The van der Waals surface area contributed by atoms with Crippen molar-refractivity contribution in [1.29, 1.82) is 5.26 Å². The molecule has 9 nitrogen and oxygen atoms in total. The van der Waals surface area contributed by atoms with Gasteiger partial charge in [-0.15, -0.1) is 11.3 Å². The van der Waals surface area contributed by atoms with Gasteiger partial charge in [-0.3, -0.25) is 4.90 Å². The van der Waals surface area contributed by atoms with Gasteiger partial charge in [0.2, 0.25) is 0 Å². The van der Waals surface area contributed by atoms with Crippen molar-refractivity contribution >= 4 is 43.3 Å². The van der Waals surface area contributed by atoms with Crippen molar-refractivity contribution < 1.29 is 17.9 Å². The quantitative estimate of drug-likeness (QED) is 0.264. The fourth-order valence-electron chi connectivity index (χ4n) is 7.73. The van der Waals surface area contributed by atoms with E-state index in [0.29, 0.717) is 87.8 Å². The Labute approximate surface area is 268 Å². The van der Waals surface area contributed by atoms with E-state index >= 15 is 8.78 Å². The Morgan fingerprint density at radius 1 is 1.20 bits per heavy atom. The van der Waals surface area contributed by atoms with Crippen molar-refractivity contribution in [3.63, 3.8) is 0 Å². The van der Waals surface area contributed by atoms with Crippen LogP contribution in [0.1, 0.15) is 55.7 Å². The number of aryl methyl sites for hydroxylation is 1. The molecular weight excluding hydrogens is 613 g/mol. The molecule has 1 aromatic carbocycles. The third kappa shape index (κ3) is 4.93. The minimum atomic E-state index is -0.939. The molecule has 6 heterocycles. The van der Waals surface area contributed by atoms with Gasteiger partial charge in [0.15, 0.2) is 17.5 Å². The van der Waals surface area contributed by atoms with Crippen molar-refractivity contribution in [1.82, 2.24) is 25.2 Å². The number of nitriles is 1. The van der Waals surface area contributed by atoms with Gasteiger partial charge in [-0.05, 0) is 56.8 Å². The average Bonchev–Trinajstić information content (AvgIpc) is 3.67. The van der Waals surface area contributed by atoms with E-state index in [2.05, 4.69) is 21.2 Å². The van der Waals surface area contributed by atoms with Crippen LogP contribution in [-0.2, 0) is 0 Å². The monoisotopic (exact) mass is 648 g/mol. The van der Waals surface area contributed by atoms with E-state index in [4.69, 9.17) is 25.4 Å². The Bertz CT molecular complexity index is 1910. The first-order valence-electron chi connectivity index (χ1n) is 16.0. The van der Waals surface area contributed by atoms with E-state index < -0.39 is 23.3 Å². The second-order valence-corrected chi connectivity index (χ2v) is 14.3. The van der Waals surface area contributed by atoms with E-state index in [1.165, 1.54) is 17.4 Å². The Hall–Kier alpha value is -3.73. The fourth-order valence-corrected chi connectivity index (χ4v) is 8.74. The van der Waals surface area contributed by atoms with Gasteiger partial charge >= 0.3 is 6.01 Å². The van der Waals surface area contributed by atoms with Crippen molar-refractivity contribution in [3.8, 4) is 23.2 Å². The second kappa shape index (κ2) is 11.2. The van der Waals surface area contributed by atoms with Crippen molar-refractivity contribution in [2.75, 3.05) is 50.0 Å². The number of nitrogens with one attached hydrogen (secondary N) is 1. The van der Waals surface area contributed by atoms with E-state index in [9.17, 15) is 9.65 Å². The normalized spacial score (nSPS) is 25.0. The van der Waals surface area contributed by atoms with Crippen LogP contribution < -0.4 is 20.7 Å². The maximum Gasteiger partial charge on any atom is 0.319 e. The molecule has 0 radical (unpaired) electrons. The molecule has 4 aliphatic rings. The largest absolute Gasteiger partial charge is 0.461 e. The molecule has 8 rings (SSSR count). The van der Waals surface area contributed by atoms with E-state index in [1.807, 2.05) is 6.92 Å². The zero-order chi connectivity index (χ0) is 31.7. The number of thiophene rings is 1. The molecule has 3 N–H and O–H groups in total. The molecule has 3 atom stereocenters. The summed E-state index contributed by atoms with van der Waals surface area (Å²) in [6, 6.07) is 5.33. The van der Waals surface area contributed by atoms with Crippen LogP contribution in [0.5, 0.6) is 6.01 Å². The maximum atomic E-state index is 15.9. The molecule has 13 heteroatoms. The van der Waals surface area contributed by atoms with Crippen molar-refractivity contribution in [2.45, 2.75) is 69.1 Å². The number of alkyl halides is 1. The van der Waals surface area contributed by atoms with Crippen LogP contribution in [0.25, 0.3) is 32.2 Å². The lowest BCUT2D eigenvalue weighted by Crippen LogP contribution is -2.51. The number of hydrogen-bond donors (Lipinski definition) is 2. The number of ether oxygens (including phenoxy) is 1. The molecule has 0 amide bonds. The Morgan fingerprint density at radius 3 is 2.85 bits per heavy atom. The highest BCUT2D eigenvalue weighted by molar-refractivity contribution is 7.23. The van der Waals surface area contributed by atoms with Gasteiger partial charge in [0.05, 0.1) is 34.2 Å². The number of nitrogens with two attached hydrogens (primary N) is 1. The smallest absolute Gasteiger partial charge is 0.319 e. The molecule has 1 aliphatic carbocycles. The molecule has 46 heavy (non-hydrogen) atoms. The van der Waals surface area contributed by atoms with Crippen molar-refractivity contribution in [3.05, 3.63) is 35.0 Å². The number of hydrogen-bond acceptors (Lipinski definition) is 10. The lowest BCUT2D eigenvalue weighted by atomic mass is 9.95. The van der Waals surface area contributed by atoms with Crippen LogP contribution in [0.15, 0.2) is 12.1 Å². The predicted molar refractivity (Wildman–Crippen MR) is 172 cm³/mol. The van der Waals surface area contributed by atoms with Crippen LogP contribution in [-0.4, -0.2) is 76.9 Å². The van der Waals surface area contributed by atoms with Crippen LogP contribution >= 0.6 is 11.3 Å². The zero-order valence-corrected chi connectivity index (χ0v) is 26.4. The summed E-state index contributed by atoms with van der Waals surface area (Å²) < 4.78 is 52.4. The van der Waals surface area contributed by atoms with Gasteiger partial charge in [0.1, 0.15) is 18.3 Å². The fraction of sp³-hybridized carbons (Fsp3) is 0.515. The van der Waals surface area contributed by atoms with Crippen molar-refractivity contribution in [2.24, 2.45) is 0 Å². The number of rotatable bonds is 7. The average molecular weight is 649 g/mol. The van der Waals surface area contributed by atoms with Gasteiger partial charge in [0.25, 0.3) is 0 Å². The van der Waals surface area contributed by atoms with Crippen LogP contribution in [0.3, 0.4) is 0 Å². The summed E-state index contributed by atoms with van der Waals surface area (Å²) in [6.45, 7) is 5.15. The summed E-state index contributed by atoms with van der Waals surface area (Å²) in [5.74, 6) is -1.21. The highest BCUT2D eigenvalue weighted by Gasteiger charge is 2.49. The first-order valence-corrected chi connectivity index (χ1v) is 16.8. The number of nitrogens with zero attached hydrogens (tertiary/aromatic N) is 6. The number of piperazine rings is 1. The maximum absolute atomic E-state index is 15.9. The van der Waals surface area contributed by atoms with Crippen LogP contribution in [0, 0.1) is 29.9 Å². The molecule has 0 bridgehead atoms. The third-order valence-corrected chi connectivity index (χ3v) is 11.2. The standard InChI is InChI=1S/C33H35F3N8OS/c1-17-25-24(46-30(17)38)12-22(35)27(36)26(25)21-11-23-29(41-28(21)18-3-4-18)31(43-10-8-39-20(15-43)5-7-37)42-32(40-23)45-16-33-6-2-9-44(33)14-19(34)13-33/h11-12,18-20,39H,2-6,8-10,13-16,38H2,1H3/t19-,20+,33+/m1/s1. The number of anilines is 2. The predicted octanol–water partition coefficient (Wildman–Crippen LogP) is 5.60. The highest BCUT2D eigenvalue weighted by Crippen LogP contribution is 2.49. The summed E-state index contributed by atoms with van der Waals surface area (Å²) in [5, 5.41) is 13.9. The Balaban J connectivity index is 1.30. The minimum absolute atomic E-state index is 0.0529. The second-order valence-electron chi connectivity index (χ2n) is 13.2. The summed E-state index contributed by atoms with van der Waals surface area (Å²) >= 11 is 1.24. The molecule has 4 aromatic rings. The van der Waals surface area contributed by atoms with Crippen LogP contribution in [0.2, 0.25) is 0 Å². The molecule has 4 fully saturated rings. The molecule has 0 spiro atoms. The Kier molecular flexibility index (Phi) is 7.23. The van der Waals surface area contributed by atoms with Gasteiger partial charge in [-0.1, -0.05) is 0 Å².